The molecule has 1 atom stereocenters. The molecule has 5 heteroatoms. The van der Waals surface area contributed by atoms with Gasteiger partial charge >= 0.3 is 0 Å². The van der Waals surface area contributed by atoms with Crippen molar-refractivity contribution in [3.05, 3.63) is 17.5 Å². The molecule has 1 aromatic rings. The number of hydrogen-bond donors (Lipinski definition) is 0. The van der Waals surface area contributed by atoms with Gasteiger partial charge in [0.25, 0.3) is 0 Å². The molecule has 0 amide bonds. The number of ether oxygens (including phenoxy) is 1. The SMILES string of the molecule is Cc1c(N2CCOC(C)C2)cnnc1C#N. The first kappa shape index (κ1) is 10.8. The third-order valence-corrected chi connectivity index (χ3v) is 2.76. The zero-order valence-corrected chi connectivity index (χ0v) is 9.47. The molecule has 0 bridgehead atoms. The van der Waals surface area contributed by atoms with Crippen LogP contribution in [0.25, 0.3) is 0 Å². The maximum atomic E-state index is 8.90. The van der Waals surface area contributed by atoms with Gasteiger partial charge in [-0.15, -0.1) is 5.10 Å². The van der Waals surface area contributed by atoms with Crippen LogP contribution in [0.3, 0.4) is 0 Å². The molecular formula is C11H14N4O. The van der Waals surface area contributed by atoms with E-state index >= 15 is 0 Å². The van der Waals surface area contributed by atoms with Gasteiger partial charge in [0.2, 0.25) is 0 Å². The summed E-state index contributed by atoms with van der Waals surface area (Å²) in [5.74, 6) is 0. The van der Waals surface area contributed by atoms with E-state index in [-0.39, 0.29) is 6.10 Å². The summed E-state index contributed by atoms with van der Waals surface area (Å²) in [6.07, 6.45) is 1.93. The number of morpholine rings is 1. The van der Waals surface area contributed by atoms with Crippen LogP contribution >= 0.6 is 0 Å². The van der Waals surface area contributed by atoms with Gasteiger partial charge in [0.1, 0.15) is 6.07 Å². The Balaban J connectivity index is 2.30. The monoisotopic (exact) mass is 218 g/mol. The molecule has 0 radical (unpaired) electrons. The fourth-order valence-electron chi connectivity index (χ4n) is 1.90. The lowest BCUT2D eigenvalue weighted by molar-refractivity contribution is 0.0531. The highest BCUT2D eigenvalue weighted by Crippen LogP contribution is 2.22. The van der Waals surface area contributed by atoms with Crippen molar-refractivity contribution >= 4 is 5.69 Å². The lowest BCUT2D eigenvalue weighted by Gasteiger charge is -2.33. The van der Waals surface area contributed by atoms with Crippen LogP contribution in [0.5, 0.6) is 0 Å². The summed E-state index contributed by atoms with van der Waals surface area (Å²) < 4.78 is 5.48. The van der Waals surface area contributed by atoms with E-state index in [1.165, 1.54) is 0 Å². The predicted molar refractivity (Wildman–Crippen MR) is 59.1 cm³/mol. The first-order valence-electron chi connectivity index (χ1n) is 5.31. The third-order valence-electron chi connectivity index (χ3n) is 2.76. The number of nitriles is 1. The highest BCUT2D eigenvalue weighted by molar-refractivity contribution is 5.55. The van der Waals surface area contributed by atoms with Gasteiger partial charge < -0.3 is 9.64 Å². The number of hydrogen-bond acceptors (Lipinski definition) is 5. The summed E-state index contributed by atoms with van der Waals surface area (Å²) in [6.45, 7) is 6.33. The molecule has 1 fully saturated rings. The summed E-state index contributed by atoms with van der Waals surface area (Å²) in [5, 5.41) is 16.6. The largest absolute Gasteiger partial charge is 0.375 e. The number of aromatic nitrogens is 2. The van der Waals surface area contributed by atoms with Crippen LogP contribution in [0.15, 0.2) is 6.20 Å². The average Bonchev–Trinajstić information content (AvgIpc) is 2.29. The van der Waals surface area contributed by atoms with Crippen LogP contribution in [-0.4, -0.2) is 36.0 Å². The molecule has 0 saturated carbocycles. The molecule has 0 spiro atoms. The topological polar surface area (TPSA) is 62.0 Å². The number of rotatable bonds is 1. The van der Waals surface area contributed by atoms with E-state index in [9.17, 15) is 0 Å². The smallest absolute Gasteiger partial charge is 0.168 e. The van der Waals surface area contributed by atoms with Crippen molar-refractivity contribution in [3.63, 3.8) is 0 Å². The molecular weight excluding hydrogens is 204 g/mol. The minimum Gasteiger partial charge on any atom is -0.375 e. The first-order chi connectivity index (χ1) is 7.72. The quantitative estimate of drug-likeness (QED) is 0.700. The van der Waals surface area contributed by atoms with Crippen molar-refractivity contribution in [2.24, 2.45) is 0 Å². The Bertz CT molecular complexity index is 426. The number of anilines is 1. The molecule has 5 nitrogen and oxygen atoms in total. The molecule has 1 aliphatic rings. The van der Waals surface area contributed by atoms with Crippen molar-refractivity contribution < 1.29 is 4.74 Å². The van der Waals surface area contributed by atoms with Gasteiger partial charge in [0.15, 0.2) is 5.69 Å². The fraction of sp³-hybridized carbons (Fsp3) is 0.545. The summed E-state index contributed by atoms with van der Waals surface area (Å²) in [7, 11) is 0. The van der Waals surface area contributed by atoms with Crippen LogP contribution in [0, 0.1) is 18.3 Å². The standard InChI is InChI=1S/C11H14N4O/c1-8-7-15(3-4-16-8)11-6-13-14-10(5-12)9(11)2/h6,8H,3-4,7H2,1-2H3. The van der Waals surface area contributed by atoms with Gasteiger partial charge in [-0.25, -0.2) is 0 Å². The maximum Gasteiger partial charge on any atom is 0.168 e. The summed E-state index contributed by atoms with van der Waals surface area (Å²) in [6, 6.07) is 2.05. The van der Waals surface area contributed by atoms with Gasteiger partial charge in [-0.2, -0.15) is 10.4 Å². The second-order valence-corrected chi connectivity index (χ2v) is 3.94. The Kier molecular flexibility index (Phi) is 3.02. The minimum atomic E-state index is 0.215. The molecule has 2 rings (SSSR count). The molecule has 0 N–H and O–H groups in total. The van der Waals surface area contributed by atoms with E-state index in [1.807, 2.05) is 13.8 Å². The lowest BCUT2D eigenvalue weighted by atomic mass is 10.1. The molecule has 1 unspecified atom stereocenters. The van der Waals surface area contributed by atoms with E-state index in [0.29, 0.717) is 12.3 Å². The maximum absolute atomic E-state index is 8.90. The van der Waals surface area contributed by atoms with E-state index in [2.05, 4.69) is 21.2 Å². The van der Waals surface area contributed by atoms with E-state index in [0.717, 1.165) is 24.3 Å². The van der Waals surface area contributed by atoms with E-state index in [4.69, 9.17) is 10.00 Å². The molecule has 1 saturated heterocycles. The highest BCUT2D eigenvalue weighted by atomic mass is 16.5. The second-order valence-electron chi connectivity index (χ2n) is 3.94. The summed E-state index contributed by atoms with van der Waals surface area (Å²) in [5.41, 5.74) is 2.28. The molecule has 16 heavy (non-hydrogen) atoms. The zero-order chi connectivity index (χ0) is 11.5. The average molecular weight is 218 g/mol. The van der Waals surface area contributed by atoms with E-state index in [1.54, 1.807) is 6.20 Å². The first-order valence-corrected chi connectivity index (χ1v) is 5.31. The highest BCUT2D eigenvalue weighted by Gasteiger charge is 2.19. The molecule has 0 aliphatic carbocycles. The van der Waals surface area contributed by atoms with Crippen molar-refractivity contribution in [1.82, 2.24) is 10.2 Å². The van der Waals surface area contributed by atoms with Crippen molar-refractivity contribution in [3.8, 4) is 6.07 Å². The molecule has 0 aromatic carbocycles. The van der Waals surface area contributed by atoms with Crippen LogP contribution in [0.2, 0.25) is 0 Å². The number of nitrogens with zero attached hydrogens (tertiary/aromatic N) is 4. The van der Waals surface area contributed by atoms with Crippen molar-refractivity contribution in [2.45, 2.75) is 20.0 Å². The third kappa shape index (κ3) is 1.97. The van der Waals surface area contributed by atoms with Crippen LogP contribution in [0.4, 0.5) is 5.69 Å². The van der Waals surface area contributed by atoms with Crippen molar-refractivity contribution in [1.29, 1.82) is 5.26 Å². The summed E-state index contributed by atoms with van der Waals surface area (Å²) in [4.78, 5) is 2.19. The molecule has 1 aromatic heterocycles. The Morgan fingerprint density at radius 2 is 2.44 bits per heavy atom. The van der Waals surface area contributed by atoms with Gasteiger partial charge in [-0.1, -0.05) is 0 Å². The fourth-order valence-corrected chi connectivity index (χ4v) is 1.90. The molecule has 84 valence electrons. The zero-order valence-electron chi connectivity index (χ0n) is 9.47. The second kappa shape index (κ2) is 4.45. The van der Waals surface area contributed by atoms with Crippen LogP contribution in [0.1, 0.15) is 18.2 Å². The van der Waals surface area contributed by atoms with Gasteiger partial charge in [0.05, 0.1) is 24.6 Å². The van der Waals surface area contributed by atoms with E-state index < -0.39 is 0 Å². The Hall–Kier alpha value is -1.67. The van der Waals surface area contributed by atoms with Gasteiger partial charge in [-0.3, -0.25) is 0 Å². The van der Waals surface area contributed by atoms with Crippen LogP contribution in [-0.2, 0) is 4.74 Å². The molecule has 2 heterocycles. The summed E-state index contributed by atoms with van der Waals surface area (Å²) >= 11 is 0. The van der Waals surface area contributed by atoms with Crippen molar-refractivity contribution in [2.75, 3.05) is 24.6 Å². The molecule has 1 aliphatic heterocycles. The van der Waals surface area contributed by atoms with Gasteiger partial charge in [0, 0.05) is 18.7 Å². The Labute approximate surface area is 94.7 Å². The minimum absolute atomic E-state index is 0.215. The predicted octanol–water partition coefficient (Wildman–Crippen LogP) is 0.882. The Morgan fingerprint density at radius 3 is 3.12 bits per heavy atom. The normalized spacial score (nSPS) is 20.6. The van der Waals surface area contributed by atoms with Gasteiger partial charge in [-0.05, 0) is 13.8 Å². The Morgan fingerprint density at radius 1 is 1.62 bits per heavy atom. The van der Waals surface area contributed by atoms with Crippen LogP contribution < -0.4 is 4.90 Å². The lowest BCUT2D eigenvalue weighted by Crippen LogP contribution is -2.41.